The van der Waals surface area contributed by atoms with E-state index in [1.165, 1.54) is 6.08 Å². The Labute approximate surface area is 187 Å². The van der Waals surface area contributed by atoms with Crippen LogP contribution in [0, 0.1) is 5.41 Å². The van der Waals surface area contributed by atoms with Crippen molar-refractivity contribution < 1.29 is 19.1 Å². The fourth-order valence-corrected chi connectivity index (χ4v) is 4.40. The summed E-state index contributed by atoms with van der Waals surface area (Å²) in [6, 6.07) is 11.5. The average molecular weight is 440 g/mol. The highest BCUT2D eigenvalue weighted by atomic mass is 35.5. The predicted molar refractivity (Wildman–Crippen MR) is 120 cm³/mol. The van der Waals surface area contributed by atoms with Gasteiger partial charge in [-0.15, -0.1) is 0 Å². The fraction of sp³-hybridized carbons (Fsp3) is 0.360. The van der Waals surface area contributed by atoms with Gasteiger partial charge >= 0.3 is 5.97 Å². The van der Waals surface area contributed by atoms with Crippen molar-refractivity contribution in [2.24, 2.45) is 5.41 Å². The summed E-state index contributed by atoms with van der Waals surface area (Å²) in [5.74, 6) is 0.337. The van der Waals surface area contributed by atoms with Gasteiger partial charge in [-0.1, -0.05) is 37.6 Å². The molecule has 1 unspecified atom stereocenters. The van der Waals surface area contributed by atoms with Gasteiger partial charge in [0.25, 0.3) is 5.91 Å². The zero-order valence-electron chi connectivity index (χ0n) is 18.0. The molecule has 162 valence electrons. The maximum Gasteiger partial charge on any atom is 0.330 e. The second-order valence-electron chi connectivity index (χ2n) is 8.82. The first-order chi connectivity index (χ1) is 14.8. The van der Waals surface area contributed by atoms with E-state index in [0.29, 0.717) is 29.4 Å². The number of hydrogen-bond donors (Lipinski definition) is 0. The lowest BCUT2D eigenvalue weighted by molar-refractivity contribution is -0.137. The van der Waals surface area contributed by atoms with Crippen molar-refractivity contribution >= 4 is 23.5 Å². The number of nitrogens with zero attached hydrogens (tertiary/aromatic N) is 1. The normalized spacial score (nSPS) is 19.0. The Bertz CT molecular complexity index is 1030. The van der Waals surface area contributed by atoms with E-state index >= 15 is 0 Å². The smallest absolute Gasteiger partial charge is 0.330 e. The third-order valence-electron chi connectivity index (χ3n) is 5.53. The quantitative estimate of drug-likeness (QED) is 0.490. The van der Waals surface area contributed by atoms with Crippen molar-refractivity contribution in [2.45, 2.75) is 33.3 Å². The highest BCUT2D eigenvalue weighted by molar-refractivity contribution is 6.32. The molecular weight excluding hydrogens is 414 g/mol. The molecule has 1 fully saturated rings. The molecule has 1 amide bonds. The Hall–Kier alpha value is -2.79. The number of fused-ring (bicyclic) bond motifs is 1. The molecule has 2 aromatic carbocycles. The third kappa shape index (κ3) is 4.62. The molecule has 0 N–H and O–H groups in total. The number of likely N-dealkylation sites (tertiary alicyclic amines) is 1. The average Bonchev–Trinajstić information content (AvgIpc) is 3.14. The van der Waals surface area contributed by atoms with Crippen LogP contribution in [-0.2, 0) is 16.0 Å². The van der Waals surface area contributed by atoms with Crippen molar-refractivity contribution in [3.05, 3.63) is 64.7 Å². The molecule has 0 saturated carbocycles. The number of amides is 1. The van der Waals surface area contributed by atoms with Crippen molar-refractivity contribution in [3.8, 4) is 16.9 Å². The van der Waals surface area contributed by atoms with E-state index < -0.39 is 0 Å². The molecule has 2 aromatic rings. The number of carbonyl (C=O) groups is 2. The molecule has 0 spiro atoms. The molecule has 1 atom stereocenters. The molecule has 2 heterocycles. The molecule has 0 aromatic heterocycles. The number of hydrogen-bond acceptors (Lipinski definition) is 4. The van der Waals surface area contributed by atoms with Gasteiger partial charge in [0.05, 0.1) is 11.6 Å². The van der Waals surface area contributed by atoms with Crippen LogP contribution in [0.15, 0.2) is 48.6 Å². The summed E-state index contributed by atoms with van der Waals surface area (Å²) in [5, 5.41) is 0.530. The van der Waals surface area contributed by atoms with Crippen LogP contribution in [0.2, 0.25) is 5.02 Å². The molecule has 31 heavy (non-hydrogen) atoms. The lowest BCUT2D eigenvalue weighted by atomic mass is 9.84. The van der Waals surface area contributed by atoms with Crippen molar-refractivity contribution in [1.29, 1.82) is 0 Å². The molecule has 2 aliphatic heterocycles. The minimum atomic E-state index is -0.384. The second-order valence-corrected chi connectivity index (χ2v) is 9.23. The van der Waals surface area contributed by atoms with Gasteiger partial charge in [-0.2, -0.15) is 0 Å². The first-order valence-corrected chi connectivity index (χ1v) is 10.9. The van der Waals surface area contributed by atoms with Crippen molar-refractivity contribution in [2.75, 3.05) is 19.7 Å². The Morgan fingerprint density at radius 1 is 1.19 bits per heavy atom. The van der Waals surface area contributed by atoms with Gasteiger partial charge in [0.2, 0.25) is 0 Å². The van der Waals surface area contributed by atoms with Crippen molar-refractivity contribution in [1.82, 2.24) is 4.90 Å². The number of esters is 1. The van der Waals surface area contributed by atoms with Crippen LogP contribution < -0.4 is 4.74 Å². The van der Waals surface area contributed by atoms with Gasteiger partial charge in [0.1, 0.15) is 11.9 Å². The standard InChI is InChI=1S/C25H26ClNO4/c1-4-30-22(28)10-9-20-12-19-11-18(13-21(26)23(19)31-20)16-5-7-17(8-6-16)24(29)27-14-25(2,3)15-27/h5-11,13,20H,4,12,14-15H2,1-3H3/b10-9+. The molecule has 5 nitrogen and oxygen atoms in total. The molecule has 0 bridgehead atoms. The summed E-state index contributed by atoms with van der Waals surface area (Å²) < 4.78 is 10.8. The monoisotopic (exact) mass is 439 g/mol. The highest BCUT2D eigenvalue weighted by Gasteiger charge is 2.37. The van der Waals surface area contributed by atoms with Gasteiger partial charge < -0.3 is 14.4 Å². The summed E-state index contributed by atoms with van der Waals surface area (Å²) in [4.78, 5) is 26.0. The van der Waals surface area contributed by atoms with Crippen LogP contribution in [0.3, 0.4) is 0 Å². The van der Waals surface area contributed by atoms with Crippen LogP contribution in [0.5, 0.6) is 5.75 Å². The van der Waals surface area contributed by atoms with Gasteiger partial charge in [-0.05, 0) is 53.8 Å². The van der Waals surface area contributed by atoms with E-state index in [4.69, 9.17) is 21.1 Å². The summed E-state index contributed by atoms with van der Waals surface area (Å²) in [6.07, 6.45) is 3.46. The number of rotatable bonds is 5. The summed E-state index contributed by atoms with van der Waals surface area (Å²) in [7, 11) is 0. The third-order valence-corrected chi connectivity index (χ3v) is 5.82. The Balaban J connectivity index is 1.47. The molecule has 4 rings (SSSR count). The first kappa shape index (κ1) is 21.4. The molecule has 2 aliphatic rings. The molecular formula is C25H26ClNO4. The number of halogens is 1. The van der Waals surface area contributed by atoms with E-state index in [1.807, 2.05) is 41.3 Å². The lowest BCUT2D eigenvalue weighted by Crippen LogP contribution is -2.55. The largest absolute Gasteiger partial charge is 0.484 e. The highest BCUT2D eigenvalue weighted by Crippen LogP contribution is 2.40. The fourth-order valence-electron chi connectivity index (χ4n) is 4.11. The maximum absolute atomic E-state index is 12.6. The van der Waals surface area contributed by atoms with E-state index in [0.717, 1.165) is 29.8 Å². The Kier molecular flexibility index (Phi) is 5.80. The molecule has 0 aliphatic carbocycles. The van der Waals surface area contributed by atoms with Crippen LogP contribution in [-0.4, -0.2) is 42.6 Å². The van der Waals surface area contributed by atoms with Crippen molar-refractivity contribution in [3.63, 3.8) is 0 Å². The second kappa shape index (κ2) is 8.39. The van der Waals surface area contributed by atoms with E-state index in [2.05, 4.69) is 13.8 Å². The topological polar surface area (TPSA) is 55.8 Å². The van der Waals surface area contributed by atoms with E-state index in [-0.39, 0.29) is 23.4 Å². The number of carbonyl (C=O) groups excluding carboxylic acids is 2. The van der Waals surface area contributed by atoms with Gasteiger partial charge in [0, 0.05) is 36.7 Å². The first-order valence-electron chi connectivity index (χ1n) is 10.5. The Morgan fingerprint density at radius 3 is 2.55 bits per heavy atom. The zero-order valence-corrected chi connectivity index (χ0v) is 18.7. The Morgan fingerprint density at radius 2 is 1.90 bits per heavy atom. The summed E-state index contributed by atoms with van der Waals surface area (Å²) in [5.41, 5.74) is 3.84. The van der Waals surface area contributed by atoms with Gasteiger partial charge in [0.15, 0.2) is 0 Å². The number of ether oxygens (including phenoxy) is 2. The minimum Gasteiger partial charge on any atom is -0.484 e. The summed E-state index contributed by atoms with van der Waals surface area (Å²) >= 11 is 6.48. The van der Waals surface area contributed by atoms with Crippen LogP contribution >= 0.6 is 11.6 Å². The predicted octanol–water partition coefficient (Wildman–Crippen LogP) is 4.91. The van der Waals surface area contributed by atoms with E-state index in [1.54, 1.807) is 13.0 Å². The SMILES string of the molecule is CCOC(=O)/C=C/C1Cc2cc(-c3ccc(C(=O)N4CC(C)(C)C4)cc3)cc(Cl)c2O1. The molecule has 1 saturated heterocycles. The molecule has 6 heteroatoms. The zero-order chi connectivity index (χ0) is 22.2. The van der Waals surface area contributed by atoms with Gasteiger partial charge in [-0.25, -0.2) is 4.79 Å². The molecule has 0 radical (unpaired) electrons. The van der Waals surface area contributed by atoms with Crippen LogP contribution in [0.4, 0.5) is 0 Å². The van der Waals surface area contributed by atoms with Gasteiger partial charge in [-0.3, -0.25) is 4.79 Å². The number of benzene rings is 2. The van der Waals surface area contributed by atoms with Crippen LogP contribution in [0.25, 0.3) is 11.1 Å². The lowest BCUT2D eigenvalue weighted by Gasteiger charge is -2.45. The van der Waals surface area contributed by atoms with Crippen LogP contribution in [0.1, 0.15) is 36.7 Å². The maximum atomic E-state index is 12.6. The van der Waals surface area contributed by atoms with E-state index in [9.17, 15) is 9.59 Å². The summed E-state index contributed by atoms with van der Waals surface area (Å²) in [6.45, 7) is 8.02. The minimum absolute atomic E-state index is 0.0717.